The maximum Gasteiger partial charge on any atom is 0.128 e. The Morgan fingerprint density at radius 1 is 1.53 bits per heavy atom. The fraction of sp³-hybridized carbons (Fsp3) is 0.750. The Hall–Kier alpha value is -0.580. The molecule has 5 heteroatoms. The molecule has 0 saturated carbocycles. The molecule has 4 nitrogen and oxygen atoms in total. The largest absolute Gasteiger partial charge is 0.321 e. The lowest BCUT2D eigenvalue weighted by atomic mass is 10.0. The second-order valence-corrected chi connectivity index (χ2v) is 4.99. The summed E-state index contributed by atoms with van der Waals surface area (Å²) < 4.78 is 1.96. The zero-order valence-electron chi connectivity index (χ0n) is 10.6. The summed E-state index contributed by atoms with van der Waals surface area (Å²) in [6.07, 6.45) is 4.19. The van der Waals surface area contributed by atoms with Crippen molar-refractivity contribution in [1.29, 1.82) is 0 Å². The normalized spacial score (nSPS) is 17.9. The van der Waals surface area contributed by atoms with Crippen LogP contribution in [0.5, 0.6) is 0 Å². The van der Waals surface area contributed by atoms with Gasteiger partial charge in [-0.25, -0.2) is 4.98 Å². The third kappa shape index (κ3) is 3.00. The minimum Gasteiger partial charge on any atom is -0.321 e. The number of halogens is 1. The summed E-state index contributed by atoms with van der Waals surface area (Å²) >= 11 is 6.01. The highest BCUT2D eigenvalue weighted by Crippen LogP contribution is 2.16. The van der Waals surface area contributed by atoms with E-state index < -0.39 is 0 Å². The summed E-state index contributed by atoms with van der Waals surface area (Å²) in [7, 11) is 1.97. The first-order chi connectivity index (χ1) is 8.22. The van der Waals surface area contributed by atoms with Crippen LogP contribution in [0, 0.1) is 0 Å². The molecule has 1 N–H and O–H groups in total. The lowest BCUT2D eigenvalue weighted by molar-refractivity contribution is 0.157. The molecule has 0 radical (unpaired) electrons. The van der Waals surface area contributed by atoms with Gasteiger partial charge in [-0.1, -0.05) is 18.5 Å². The first-order valence-electron chi connectivity index (χ1n) is 6.33. The Bertz CT molecular complexity index is 357. The second kappa shape index (κ2) is 5.85. The van der Waals surface area contributed by atoms with Crippen LogP contribution >= 0.6 is 11.6 Å². The number of hydrogen-bond acceptors (Lipinski definition) is 3. The topological polar surface area (TPSA) is 33.1 Å². The number of nitrogens with zero attached hydrogens (tertiary/aromatic N) is 3. The zero-order valence-corrected chi connectivity index (χ0v) is 11.4. The number of aromatic nitrogens is 2. The van der Waals surface area contributed by atoms with Crippen LogP contribution in [0.15, 0.2) is 6.20 Å². The molecule has 0 aliphatic carbocycles. The summed E-state index contributed by atoms with van der Waals surface area (Å²) in [5, 5.41) is 4.11. The standard InChI is InChI=1S/C12H21ClN4/c1-3-17(10-4-6-14-7-5-10)9-12-15-8-11(13)16(12)2/h8,10,14H,3-7,9H2,1-2H3. The molecule has 1 aromatic heterocycles. The molecule has 0 atom stereocenters. The van der Waals surface area contributed by atoms with E-state index in [2.05, 4.69) is 22.1 Å². The molecule has 0 spiro atoms. The SMILES string of the molecule is CCN(Cc1ncc(Cl)n1C)C1CCNCC1. The molecular weight excluding hydrogens is 236 g/mol. The Labute approximate surface area is 108 Å². The number of piperidine rings is 1. The lowest BCUT2D eigenvalue weighted by Crippen LogP contribution is -2.43. The van der Waals surface area contributed by atoms with Crippen LogP contribution in [0.3, 0.4) is 0 Å². The molecule has 2 rings (SSSR count). The maximum absolute atomic E-state index is 6.01. The van der Waals surface area contributed by atoms with Gasteiger partial charge in [-0.3, -0.25) is 4.90 Å². The number of hydrogen-bond donors (Lipinski definition) is 1. The Morgan fingerprint density at radius 3 is 2.76 bits per heavy atom. The predicted octanol–water partition coefficient (Wildman–Crippen LogP) is 1.65. The van der Waals surface area contributed by atoms with Gasteiger partial charge in [0.15, 0.2) is 0 Å². The average molecular weight is 257 g/mol. The van der Waals surface area contributed by atoms with E-state index in [1.165, 1.54) is 12.8 Å². The molecule has 0 bridgehead atoms. The van der Waals surface area contributed by atoms with Crippen LogP contribution in [0.1, 0.15) is 25.6 Å². The van der Waals surface area contributed by atoms with Gasteiger partial charge in [0.25, 0.3) is 0 Å². The highest BCUT2D eigenvalue weighted by molar-refractivity contribution is 6.29. The summed E-state index contributed by atoms with van der Waals surface area (Å²) in [5.41, 5.74) is 0. The Morgan fingerprint density at radius 2 is 2.24 bits per heavy atom. The Balaban J connectivity index is 2.01. The van der Waals surface area contributed by atoms with Gasteiger partial charge in [-0.15, -0.1) is 0 Å². The monoisotopic (exact) mass is 256 g/mol. The van der Waals surface area contributed by atoms with Crippen LogP contribution in [0.2, 0.25) is 5.15 Å². The van der Waals surface area contributed by atoms with Gasteiger partial charge in [-0.05, 0) is 32.5 Å². The molecule has 0 amide bonds. The van der Waals surface area contributed by atoms with Crippen LogP contribution in [0.25, 0.3) is 0 Å². The van der Waals surface area contributed by atoms with E-state index >= 15 is 0 Å². The van der Waals surface area contributed by atoms with Crippen molar-refractivity contribution < 1.29 is 0 Å². The van der Waals surface area contributed by atoms with Crippen molar-refractivity contribution in [2.75, 3.05) is 19.6 Å². The minimum absolute atomic E-state index is 0.678. The summed E-state index contributed by atoms with van der Waals surface area (Å²) in [6.45, 7) is 6.43. The summed E-state index contributed by atoms with van der Waals surface area (Å²) in [5.74, 6) is 1.05. The smallest absolute Gasteiger partial charge is 0.128 e. The van der Waals surface area contributed by atoms with Gasteiger partial charge in [0.05, 0.1) is 12.7 Å². The van der Waals surface area contributed by atoms with Gasteiger partial charge in [0, 0.05) is 13.1 Å². The van der Waals surface area contributed by atoms with Crippen molar-refractivity contribution in [3.8, 4) is 0 Å². The number of imidazole rings is 1. The van der Waals surface area contributed by atoms with Crippen molar-refractivity contribution in [3.05, 3.63) is 17.2 Å². The van der Waals surface area contributed by atoms with Crippen LogP contribution < -0.4 is 5.32 Å². The van der Waals surface area contributed by atoms with Crippen LogP contribution in [0.4, 0.5) is 0 Å². The third-order valence-electron chi connectivity index (χ3n) is 3.60. The van der Waals surface area contributed by atoms with E-state index in [-0.39, 0.29) is 0 Å². The maximum atomic E-state index is 6.01. The molecule has 1 fully saturated rings. The fourth-order valence-corrected chi connectivity index (χ4v) is 2.57. The second-order valence-electron chi connectivity index (χ2n) is 4.60. The van der Waals surface area contributed by atoms with Crippen molar-refractivity contribution in [1.82, 2.24) is 19.8 Å². The number of rotatable bonds is 4. The van der Waals surface area contributed by atoms with E-state index in [1.807, 2.05) is 11.6 Å². The van der Waals surface area contributed by atoms with Gasteiger partial charge in [0.1, 0.15) is 11.0 Å². The minimum atomic E-state index is 0.678. The first-order valence-corrected chi connectivity index (χ1v) is 6.71. The first kappa shape index (κ1) is 12.9. The Kier molecular flexibility index (Phi) is 4.42. The quantitative estimate of drug-likeness (QED) is 0.889. The highest BCUT2D eigenvalue weighted by atomic mass is 35.5. The van der Waals surface area contributed by atoms with Crippen molar-refractivity contribution in [2.45, 2.75) is 32.4 Å². The molecule has 0 unspecified atom stereocenters. The number of nitrogens with one attached hydrogen (secondary N) is 1. The summed E-state index contributed by atoms with van der Waals surface area (Å²) in [4.78, 5) is 6.87. The molecule has 1 aromatic rings. The molecule has 17 heavy (non-hydrogen) atoms. The molecule has 1 saturated heterocycles. The van der Waals surface area contributed by atoms with Gasteiger partial charge < -0.3 is 9.88 Å². The lowest BCUT2D eigenvalue weighted by Gasteiger charge is -2.33. The molecule has 0 aromatic carbocycles. The van der Waals surface area contributed by atoms with Crippen molar-refractivity contribution in [3.63, 3.8) is 0 Å². The van der Waals surface area contributed by atoms with Crippen LogP contribution in [-0.4, -0.2) is 40.1 Å². The van der Waals surface area contributed by atoms with E-state index in [0.717, 1.165) is 32.0 Å². The fourth-order valence-electron chi connectivity index (χ4n) is 2.42. The molecule has 1 aliphatic heterocycles. The molecule has 1 aliphatic rings. The van der Waals surface area contributed by atoms with E-state index in [9.17, 15) is 0 Å². The molecular formula is C12H21ClN4. The van der Waals surface area contributed by atoms with Gasteiger partial charge in [-0.2, -0.15) is 0 Å². The summed E-state index contributed by atoms with van der Waals surface area (Å²) in [6, 6.07) is 0.678. The van der Waals surface area contributed by atoms with E-state index in [0.29, 0.717) is 11.2 Å². The third-order valence-corrected chi connectivity index (χ3v) is 3.95. The van der Waals surface area contributed by atoms with Crippen molar-refractivity contribution in [2.24, 2.45) is 7.05 Å². The van der Waals surface area contributed by atoms with Crippen molar-refractivity contribution >= 4 is 11.6 Å². The molecule has 96 valence electrons. The van der Waals surface area contributed by atoms with Gasteiger partial charge >= 0.3 is 0 Å². The highest BCUT2D eigenvalue weighted by Gasteiger charge is 2.21. The molecule has 2 heterocycles. The van der Waals surface area contributed by atoms with Crippen LogP contribution in [-0.2, 0) is 13.6 Å². The van der Waals surface area contributed by atoms with E-state index in [1.54, 1.807) is 6.20 Å². The zero-order chi connectivity index (χ0) is 12.3. The average Bonchev–Trinajstić information content (AvgIpc) is 2.68. The van der Waals surface area contributed by atoms with Gasteiger partial charge in [0.2, 0.25) is 0 Å². The predicted molar refractivity (Wildman–Crippen MR) is 70.2 cm³/mol. The van der Waals surface area contributed by atoms with E-state index in [4.69, 9.17) is 11.6 Å².